The van der Waals surface area contributed by atoms with Crippen LogP contribution in [0.3, 0.4) is 0 Å². The van der Waals surface area contributed by atoms with Crippen LogP contribution in [0.2, 0.25) is 0 Å². The van der Waals surface area contributed by atoms with E-state index < -0.39 is 0 Å². The molecule has 156 valence electrons. The second-order valence-corrected chi connectivity index (χ2v) is 8.32. The summed E-state index contributed by atoms with van der Waals surface area (Å²) in [7, 11) is 0. The average molecular weight is 426 g/mol. The Kier molecular flexibility index (Phi) is 6.69. The van der Waals surface area contributed by atoms with Crippen molar-refractivity contribution in [3.05, 3.63) is 71.3 Å². The third kappa shape index (κ3) is 5.86. The lowest BCUT2D eigenvalue weighted by molar-refractivity contribution is -0.121. The van der Waals surface area contributed by atoms with E-state index in [0.717, 1.165) is 24.0 Å². The van der Waals surface area contributed by atoms with Gasteiger partial charge in [0.15, 0.2) is 5.82 Å². The van der Waals surface area contributed by atoms with Gasteiger partial charge >= 0.3 is 0 Å². The first-order valence-corrected chi connectivity index (χ1v) is 11.0. The zero-order chi connectivity index (χ0) is 20.8. The van der Waals surface area contributed by atoms with Crippen LogP contribution in [0.25, 0.3) is 0 Å². The molecule has 0 saturated heterocycles. The Hall–Kier alpha value is -2.80. The Bertz CT molecular complexity index is 967. The molecule has 3 aromatic rings. The zero-order valence-corrected chi connectivity index (χ0v) is 17.5. The van der Waals surface area contributed by atoms with Gasteiger partial charge in [0.25, 0.3) is 5.19 Å². The van der Waals surface area contributed by atoms with Crippen LogP contribution >= 0.6 is 11.5 Å². The Morgan fingerprint density at radius 3 is 2.47 bits per heavy atom. The highest BCUT2D eigenvalue weighted by molar-refractivity contribution is 7.07. The monoisotopic (exact) mass is 425 g/mol. The van der Waals surface area contributed by atoms with Crippen molar-refractivity contribution in [1.82, 2.24) is 14.7 Å². The van der Waals surface area contributed by atoms with Gasteiger partial charge in [0.2, 0.25) is 5.91 Å². The van der Waals surface area contributed by atoms with Crippen molar-refractivity contribution >= 4 is 17.4 Å². The van der Waals surface area contributed by atoms with Gasteiger partial charge in [0.1, 0.15) is 11.6 Å². The summed E-state index contributed by atoms with van der Waals surface area (Å²) in [4.78, 5) is 16.6. The lowest BCUT2D eigenvalue weighted by Crippen LogP contribution is -2.37. The number of carbonyl (C=O) groups excluding carboxylic acids is 1. The molecule has 1 aliphatic rings. The van der Waals surface area contributed by atoms with E-state index in [4.69, 9.17) is 4.74 Å². The number of hydrogen-bond donors (Lipinski definition) is 1. The van der Waals surface area contributed by atoms with Crippen LogP contribution < -0.4 is 10.1 Å². The molecule has 1 heterocycles. The van der Waals surface area contributed by atoms with Crippen molar-refractivity contribution in [3.8, 4) is 10.9 Å². The summed E-state index contributed by atoms with van der Waals surface area (Å²) >= 11 is 1.18. The third-order valence-corrected chi connectivity index (χ3v) is 5.82. The first-order chi connectivity index (χ1) is 14.6. The lowest BCUT2D eigenvalue weighted by Gasteiger charge is -2.22. The summed E-state index contributed by atoms with van der Waals surface area (Å²) in [5.74, 6) is 1.10. The van der Waals surface area contributed by atoms with Gasteiger partial charge in [-0.05, 0) is 48.2 Å². The fraction of sp³-hybridized carbons (Fsp3) is 0.348. The summed E-state index contributed by atoms with van der Waals surface area (Å²) < 4.78 is 23.1. The Labute approximate surface area is 179 Å². The number of nitrogens with zero attached hydrogens (tertiary/aromatic N) is 2. The fourth-order valence-electron chi connectivity index (χ4n) is 3.62. The van der Waals surface area contributed by atoms with Crippen molar-refractivity contribution in [1.29, 1.82) is 0 Å². The molecule has 2 aromatic carbocycles. The maximum Gasteiger partial charge on any atom is 0.298 e. The Morgan fingerprint density at radius 2 is 1.73 bits per heavy atom. The van der Waals surface area contributed by atoms with Gasteiger partial charge in [0, 0.05) is 24.0 Å². The molecule has 1 fully saturated rings. The number of halogens is 1. The molecule has 0 spiro atoms. The highest BCUT2D eigenvalue weighted by Crippen LogP contribution is 2.24. The molecule has 4 rings (SSSR count). The third-order valence-electron chi connectivity index (χ3n) is 5.19. The molecule has 0 aliphatic heterocycles. The molecule has 1 N–H and O–H groups in total. The van der Waals surface area contributed by atoms with Gasteiger partial charge in [-0.1, -0.05) is 43.5 Å². The molecule has 1 aliphatic carbocycles. The van der Waals surface area contributed by atoms with Gasteiger partial charge in [-0.3, -0.25) is 4.79 Å². The lowest BCUT2D eigenvalue weighted by atomic mass is 9.95. The second kappa shape index (κ2) is 9.80. The first kappa shape index (κ1) is 20.5. The second-order valence-electron chi connectivity index (χ2n) is 7.60. The van der Waals surface area contributed by atoms with Gasteiger partial charge in [0.05, 0.1) is 6.42 Å². The summed E-state index contributed by atoms with van der Waals surface area (Å²) in [6.07, 6.45) is 6.75. The number of benzene rings is 2. The quantitative estimate of drug-likeness (QED) is 0.575. The van der Waals surface area contributed by atoms with Gasteiger partial charge in [-0.15, -0.1) is 0 Å². The molecule has 0 radical (unpaired) electrons. The van der Waals surface area contributed by atoms with Crippen LogP contribution in [0.15, 0.2) is 48.5 Å². The number of aromatic nitrogens is 2. The number of rotatable bonds is 7. The molecular weight excluding hydrogens is 401 g/mol. The molecule has 1 aromatic heterocycles. The number of nitrogens with one attached hydrogen (secondary N) is 1. The summed E-state index contributed by atoms with van der Waals surface area (Å²) in [5, 5.41) is 3.59. The fourth-order valence-corrected chi connectivity index (χ4v) is 4.19. The van der Waals surface area contributed by atoms with Crippen LogP contribution in [0.5, 0.6) is 10.9 Å². The smallest absolute Gasteiger partial charge is 0.298 e. The molecule has 1 saturated carbocycles. The van der Waals surface area contributed by atoms with E-state index in [1.807, 2.05) is 24.3 Å². The van der Waals surface area contributed by atoms with E-state index in [1.165, 1.54) is 42.9 Å². The van der Waals surface area contributed by atoms with E-state index >= 15 is 0 Å². The van der Waals surface area contributed by atoms with Crippen LogP contribution in [-0.2, 0) is 17.6 Å². The van der Waals surface area contributed by atoms with Crippen molar-refractivity contribution in [2.45, 2.75) is 51.0 Å². The van der Waals surface area contributed by atoms with Crippen molar-refractivity contribution < 1.29 is 13.9 Å². The van der Waals surface area contributed by atoms with E-state index in [0.29, 0.717) is 35.7 Å². The van der Waals surface area contributed by atoms with Crippen molar-refractivity contribution in [2.75, 3.05) is 0 Å². The molecule has 0 atom stereocenters. The number of ether oxygens (including phenoxy) is 1. The normalized spacial score (nSPS) is 14.4. The van der Waals surface area contributed by atoms with E-state index in [9.17, 15) is 9.18 Å². The van der Waals surface area contributed by atoms with E-state index in [1.54, 1.807) is 12.1 Å². The van der Waals surface area contributed by atoms with Gasteiger partial charge < -0.3 is 10.1 Å². The molecular formula is C23H24FN3O2S. The van der Waals surface area contributed by atoms with Crippen molar-refractivity contribution in [2.24, 2.45) is 0 Å². The highest BCUT2D eigenvalue weighted by Gasteiger charge is 2.16. The average Bonchev–Trinajstić information content (AvgIpc) is 3.18. The molecule has 0 bridgehead atoms. The largest absolute Gasteiger partial charge is 0.430 e. The van der Waals surface area contributed by atoms with Crippen molar-refractivity contribution in [3.63, 3.8) is 0 Å². The van der Waals surface area contributed by atoms with Crippen LogP contribution in [0, 0.1) is 5.82 Å². The minimum Gasteiger partial charge on any atom is -0.430 e. The molecule has 7 heteroatoms. The minimum atomic E-state index is -0.260. The van der Waals surface area contributed by atoms with Gasteiger partial charge in [-0.25, -0.2) is 4.39 Å². The standard InChI is InChI=1S/C23H24FN3O2S/c24-18-10-6-16(7-11-18)14-21-26-23(30-27-21)29-20-12-8-17(9-13-20)15-22(28)25-19-4-2-1-3-5-19/h6-13,19H,1-5,14-15H2,(H,25,28). The van der Waals surface area contributed by atoms with Gasteiger partial charge in [-0.2, -0.15) is 9.36 Å². The maximum atomic E-state index is 13.0. The predicted octanol–water partition coefficient (Wildman–Crippen LogP) is 5.05. The Morgan fingerprint density at radius 1 is 1.03 bits per heavy atom. The summed E-state index contributed by atoms with van der Waals surface area (Å²) in [5.41, 5.74) is 1.89. The van der Waals surface area contributed by atoms with Crippen LogP contribution in [-0.4, -0.2) is 21.3 Å². The molecule has 30 heavy (non-hydrogen) atoms. The Balaban J connectivity index is 1.28. The SMILES string of the molecule is O=C(Cc1ccc(Oc2nc(Cc3ccc(F)cc3)ns2)cc1)NC1CCCCC1. The molecule has 5 nitrogen and oxygen atoms in total. The maximum absolute atomic E-state index is 13.0. The van der Waals surface area contributed by atoms with E-state index in [2.05, 4.69) is 14.7 Å². The minimum absolute atomic E-state index is 0.0742. The number of amides is 1. The van der Waals surface area contributed by atoms with E-state index in [-0.39, 0.29) is 11.7 Å². The van der Waals surface area contributed by atoms with Crippen LogP contribution in [0.1, 0.15) is 49.1 Å². The predicted molar refractivity (Wildman–Crippen MR) is 114 cm³/mol. The summed E-state index contributed by atoms with van der Waals surface area (Å²) in [6, 6.07) is 14.1. The topological polar surface area (TPSA) is 64.1 Å². The zero-order valence-electron chi connectivity index (χ0n) is 16.6. The number of hydrogen-bond acceptors (Lipinski definition) is 5. The first-order valence-electron chi connectivity index (χ1n) is 10.3. The number of carbonyl (C=O) groups is 1. The molecule has 0 unspecified atom stereocenters. The van der Waals surface area contributed by atoms with Crippen LogP contribution in [0.4, 0.5) is 4.39 Å². The molecule has 1 amide bonds. The summed E-state index contributed by atoms with van der Waals surface area (Å²) in [6.45, 7) is 0. The highest BCUT2D eigenvalue weighted by atomic mass is 32.1.